The van der Waals surface area contributed by atoms with Gasteiger partial charge in [-0.2, -0.15) is 0 Å². The fraction of sp³-hybridized carbons (Fsp3) is 0.100. The smallest absolute Gasteiger partial charge is 0.123 e. The van der Waals surface area contributed by atoms with Gasteiger partial charge in [0.15, 0.2) is 0 Å². The fourth-order valence-electron chi connectivity index (χ4n) is 3.70. The molecule has 5 nitrogen and oxygen atoms in total. The maximum atomic E-state index is 10.3. The molecule has 3 aromatic carbocycles. The Balaban J connectivity index is 1.97. The second-order valence-electron chi connectivity index (χ2n) is 6.26. The SMILES string of the molecule is Oc1cccc(C2c3cc(O)c(cc3O)C2c2ccc(O)cc2O)c1. The summed E-state index contributed by atoms with van der Waals surface area (Å²) in [5.74, 6) is -0.840. The monoisotopic (exact) mass is 336 g/mol. The molecule has 0 aromatic heterocycles. The Labute approximate surface area is 143 Å². The maximum Gasteiger partial charge on any atom is 0.123 e. The summed E-state index contributed by atoms with van der Waals surface area (Å²) in [7, 11) is 0. The van der Waals surface area contributed by atoms with Crippen LogP contribution in [0.1, 0.15) is 34.1 Å². The van der Waals surface area contributed by atoms with Crippen LogP contribution in [0.4, 0.5) is 0 Å². The van der Waals surface area contributed by atoms with Crippen molar-refractivity contribution >= 4 is 0 Å². The van der Waals surface area contributed by atoms with Crippen LogP contribution < -0.4 is 0 Å². The summed E-state index contributed by atoms with van der Waals surface area (Å²) >= 11 is 0. The molecule has 0 saturated carbocycles. The van der Waals surface area contributed by atoms with Crippen LogP contribution in [0.25, 0.3) is 0 Å². The molecular formula is C20H16O5. The first-order chi connectivity index (χ1) is 12.0. The standard InChI is InChI=1S/C20H16O5/c21-11-3-1-2-10(6-11)19-14-8-18(25)15(9-17(14)24)20(19)13-5-4-12(22)7-16(13)23/h1-9,19-25H. The van der Waals surface area contributed by atoms with E-state index in [1.807, 2.05) is 6.07 Å². The predicted molar refractivity (Wildman–Crippen MR) is 91.3 cm³/mol. The van der Waals surface area contributed by atoms with Crippen molar-refractivity contribution in [3.8, 4) is 28.7 Å². The molecule has 2 atom stereocenters. The van der Waals surface area contributed by atoms with Crippen LogP contribution in [0.15, 0.2) is 54.6 Å². The van der Waals surface area contributed by atoms with E-state index < -0.39 is 11.8 Å². The molecule has 2 aliphatic carbocycles. The Morgan fingerprint density at radius 3 is 1.76 bits per heavy atom. The lowest BCUT2D eigenvalue weighted by Gasteiger charge is -2.35. The summed E-state index contributed by atoms with van der Waals surface area (Å²) < 4.78 is 0. The van der Waals surface area contributed by atoms with Gasteiger partial charge in [0.1, 0.15) is 28.7 Å². The first kappa shape index (κ1) is 15.2. The molecule has 5 N–H and O–H groups in total. The second kappa shape index (κ2) is 5.34. The van der Waals surface area contributed by atoms with E-state index >= 15 is 0 Å². The van der Waals surface area contributed by atoms with E-state index in [4.69, 9.17) is 0 Å². The van der Waals surface area contributed by atoms with Gasteiger partial charge in [0.2, 0.25) is 0 Å². The molecule has 126 valence electrons. The normalized spacial score (nSPS) is 18.4. The molecule has 0 aliphatic heterocycles. The Morgan fingerprint density at radius 2 is 1.12 bits per heavy atom. The van der Waals surface area contributed by atoms with E-state index in [2.05, 4.69) is 0 Å². The summed E-state index contributed by atoms with van der Waals surface area (Å²) in [4.78, 5) is 0. The van der Waals surface area contributed by atoms with Crippen molar-refractivity contribution in [3.63, 3.8) is 0 Å². The van der Waals surface area contributed by atoms with Gasteiger partial charge in [-0.3, -0.25) is 0 Å². The number of aromatic hydroxyl groups is 5. The average molecular weight is 336 g/mol. The molecule has 25 heavy (non-hydrogen) atoms. The van der Waals surface area contributed by atoms with Gasteiger partial charge < -0.3 is 25.5 Å². The summed E-state index contributed by atoms with van der Waals surface area (Å²) in [6.45, 7) is 0. The van der Waals surface area contributed by atoms with Crippen LogP contribution in [0.5, 0.6) is 28.7 Å². The largest absolute Gasteiger partial charge is 0.508 e. The first-order valence-electron chi connectivity index (χ1n) is 7.82. The molecular weight excluding hydrogens is 320 g/mol. The number of benzene rings is 3. The third kappa shape index (κ3) is 2.32. The van der Waals surface area contributed by atoms with Crippen LogP contribution in [-0.4, -0.2) is 25.5 Å². The number of hydrogen-bond acceptors (Lipinski definition) is 5. The van der Waals surface area contributed by atoms with E-state index in [1.54, 1.807) is 24.3 Å². The van der Waals surface area contributed by atoms with Gasteiger partial charge in [0.05, 0.1) is 0 Å². The van der Waals surface area contributed by atoms with Gasteiger partial charge in [0, 0.05) is 34.6 Å². The van der Waals surface area contributed by atoms with E-state index in [0.29, 0.717) is 16.7 Å². The van der Waals surface area contributed by atoms with E-state index in [0.717, 1.165) is 5.56 Å². The van der Waals surface area contributed by atoms with Gasteiger partial charge in [0.25, 0.3) is 0 Å². The van der Waals surface area contributed by atoms with Crippen molar-refractivity contribution in [3.05, 3.63) is 76.9 Å². The lowest BCUT2D eigenvalue weighted by Crippen LogP contribution is -2.19. The number of phenols is 5. The van der Waals surface area contributed by atoms with Crippen LogP contribution >= 0.6 is 0 Å². The highest BCUT2D eigenvalue weighted by atomic mass is 16.3. The number of rotatable bonds is 2. The first-order valence-corrected chi connectivity index (χ1v) is 7.82. The molecule has 2 bridgehead atoms. The number of phenolic OH excluding ortho intramolecular Hbond substituents is 5. The molecule has 2 unspecified atom stereocenters. The van der Waals surface area contributed by atoms with Crippen LogP contribution in [0, 0.1) is 0 Å². The predicted octanol–water partition coefficient (Wildman–Crippen LogP) is 3.49. The van der Waals surface area contributed by atoms with Crippen molar-refractivity contribution < 1.29 is 25.5 Å². The van der Waals surface area contributed by atoms with E-state index in [-0.39, 0.29) is 28.7 Å². The second-order valence-corrected chi connectivity index (χ2v) is 6.26. The van der Waals surface area contributed by atoms with Crippen molar-refractivity contribution in [1.82, 2.24) is 0 Å². The number of hydrogen-bond donors (Lipinski definition) is 5. The molecule has 0 heterocycles. The minimum absolute atomic E-state index is 0.0293. The topological polar surface area (TPSA) is 101 Å². The minimum Gasteiger partial charge on any atom is -0.508 e. The molecule has 2 aliphatic rings. The summed E-state index contributed by atoms with van der Waals surface area (Å²) in [6, 6.07) is 14.0. The molecule has 0 saturated heterocycles. The van der Waals surface area contributed by atoms with E-state index in [1.165, 1.54) is 24.3 Å². The van der Waals surface area contributed by atoms with E-state index in [9.17, 15) is 25.5 Å². The average Bonchev–Trinajstić information content (AvgIpc) is 2.56. The highest BCUT2D eigenvalue weighted by Gasteiger charge is 2.38. The zero-order chi connectivity index (χ0) is 17.7. The van der Waals surface area contributed by atoms with Gasteiger partial charge in [-0.15, -0.1) is 0 Å². The number of fused-ring (bicyclic) bond motifs is 3. The van der Waals surface area contributed by atoms with Gasteiger partial charge in [-0.1, -0.05) is 18.2 Å². The van der Waals surface area contributed by atoms with Crippen molar-refractivity contribution in [2.75, 3.05) is 0 Å². The van der Waals surface area contributed by atoms with Crippen LogP contribution in [0.3, 0.4) is 0 Å². The summed E-state index contributed by atoms with van der Waals surface area (Å²) in [5, 5.41) is 50.3. The van der Waals surface area contributed by atoms with Gasteiger partial charge >= 0.3 is 0 Å². The minimum atomic E-state index is -0.460. The van der Waals surface area contributed by atoms with Crippen LogP contribution in [0.2, 0.25) is 0 Å². The van der Waals surface area contributed by atoms with Crippen molar-refractivity contribution in [1.29, 1.82) is 0 Å². The Hall–Kier alpha value is -3.34. The Kier molecular flexibility index (Phi) is 3.25. The maximum absolute atomic E-state index is 10.3. The zero-order valence-corrected chi connectivity index (χ0v) is 13.1. The molecule has 3 aromatic rings. The molecule has 5 rings (SSSR count). The Bertz CT molecular complexity index is 980. The third-order valence-electron chi connectivity index (χ3n) is 4.76. The molecule has 0 amide bonds. The van der Waals surface area contributed by atoms with Crippen molar-refractivity contribution in [2.24, 2.45) is 0 Å². The van der Waals surface area contributed by atoms with Gasteiger partial charge in [-0.25, -0.2) is 0 Å². The quantitative estimate of drug-likeness (QED) is 0.461. The molecule has 5 heteroatoms. The lowest BCUT2D eigenvalue weighted by molar-refractivity contribution is 0.414. The summed E-state index contributed by atoms with van der Waals surface area (Å²) in [5.41, 5.74) is 2.24. The highest BCUT2D eigenvalue weighted by Crippen LogP contribution is 2.56. The Morgan fingerprint density at radius 1 is 0.520 bits per heavy atom. The zero-order valence-electron chi connectivity index (χ0n) is 13.1. The van der Waals surface area contributed by atoms with Crippen LogP contribution in [-0.2, 0) is 0 Å². The molecule has 0 fully saturated rings. The highest BCUT2D eigenvalue weighted by molar-refractivity contribution is 5.63. The summed E-state index contributed by atoms with van der Waals surface area (Å²) in [6.07, 6.45) is 0. The van der Waals surface area contributed by atoms with Gasteiger partial charge in [-0.05, 0) is 35.9 Å². The molecule has 0 radical (unpaired) electrons. The fourth-order valence-corrected chi connectivity index (χ4v) is 3.70. The third-order valence-corrected chi connectivity index (χ3v) is 4.76. The van der Waals surface area contributed by atoms with Crippen molar-refractivity contribution in [2.45, 2.75) is 11.8 Å². The molecule has 0 spiro atoms. The lowest BCUT2D eigenvalue weighted by atomic mass is 9.68.